The van der Waals surface area contributed by atoms with Crippen LogP contribution in [-0.4, -0.2) is 19.3 Å². The Morgan fingerprint density at radius 2 is 2.13 bits per heavy atom. The normalized spacial score (nSPS) is 14.9. The fourth-order valence-electron chi connectivity index (χ4n) is 1.43. The van der Waals surface area contributed by atoms with Crippen molar-refractivity contribution >= 4 is 11.6 Å². The molecule has 0 aromatic heterocycles. The molecule has 2 unspecified atom stereocenters. The highest BCUT2D eigenvalue weighted by Crippen LogP contribution is 2.17. The summed E-state index contributed by atoms with van der Waals surface area (Å²) in [5.41, 5.74) is 3.82. The molecule has 0 saturated heterocycles. The molecule has 0 bridgehead atoms. The predicted molar refractivity (Wildman–Crippen MR) is 62.7 cm³/mol. The van der Waals surface area contributed by atoms with E-state index in [1.807, 2.05) is 31.2 Å². The number of nitrogens with two attached hydrogens (primary N) is 1. The van der Waals surface area contributed by atoms with Crippen molar-refractivity contribution < 1.29 is 4.74 Å². The van der Waals surface area contributed by atoms with E-state index in [-0.39, 0.29) is 12.1 Å². The van der Waals surface area contributed by atoms with Crippen molar-refractivity contribution in [1.82, 2.24) is 5.43 Å². The minimum absolute atomic E-state index is 0.0475. The van der Waals surface area contributed by atoms with Gasteiger partial charge in [0.1, 0.15) is 0 Å². The summed E-state index contributed by atoms with van der Waals surface area (Å²) in [6.45, 7) is 1.97. The van der Waals surface area contributed by atoms with Gasteiger partial charge in [0.2, 0.25) is 0 Å². The lowest BCUT2D eigenvalue weighted by molar-refractivity contribution is 0.0831. The van der Waals surface area contributed by atoms with Gasteiger partial charge in [0.05, 0.1) is 12.1 Å². The van der Waals surface area contributed by atoms with E-state index in [9.17, 15) is 0 Å². The van der Waals surface area contributed by atoms with Crippen LogP contribution in [0.3, 0.4) is 0 Å². The molecule has 0 spiro atoms. The Morgan fingerprint density at radius 1 is 1.47 bits per heavy atom. The predicted octanol–water partition coefficient (Wildman–Crippen LogP) is 1.75. The summed E-state index contributed by atoms with van der Waals surface area (Å²) < 4.78 is 5.23. The monoisotopic (exact) mass is 228 g/mol. The van der Waals surface area contributed by atoms with Crippen molar-refractivity contribution in [2.45, 2.75) is 25.5 Å². The first-order valence-electron chi connectivity index (χ1n) is 4.91. The molecule has 3 N–H and O–H groups in total. The maximum atomic E-state index is 6.06. The molecular weight excluding hydrogens is 212 g/mol. The Hall–Kier alpha value is -0.610. The number of rotatable bonds is 5. The van der Waals surface area contributed by atoms with E-state index < -0.39 is 0 Å². The van der Waals surface area contributed by atoms with Crippen molar-refractivity contribution in [1.29, 1.82) is 0 Å². The molecule has 0 saturated carbocycles. The number of hydrogen-bond donors (Lipinski definition) is 2. The van der Waals surface area contributed by atoms with Crippen LogP contribution in [0, 0.1) is 0 Å². The van der Waals surface area contributed by atoms with E-state index >= 15 is 0 Å². The summed E-state index contributed by atoms with van der Waals surface area (Å²) in [4.78, 5) is 0. The second kappa shape index (κ2) is 6.08. The van der Waals surface area contributed by atoms with Gasteiger partial charge in [-0.1, -0.05) is 29.8 Å². The van der Waals surface area contributed by atoms with Crippen molar-refractivity contribution in [2.24, 2.45) is 5.84 Å². The van der Waals surface area contributed by atoms with E-state index in [0.29, 0.717) is 0 Å². The molecule has 0 aliphatic rings. The van der Waals surface area contributed by atoms with Gasteiger partial charge in [-0.2, -0.15) is 0 Å². The van der Waals surface area contributed by atoms with Crippen LogP contribution in [-0.2, 0) is 11.2 Å². The summed E-state index contributed by atoms with van der Waals surface area (Å²) >= 11 is 6.06. The Labute approximate surface area is 95.5 Å². The zero-order valence-electron chi connectivity index (χ0n) is 9.03. The quantitative estimate of drug-likeness (QED) is 0.596. The third kappa shape index (κ3) is 3.47. The van der Waals surface area contributed by atoms with E-state index in [1.54, 1.807) is 7.11 Å². The maximum Gasteiger partial charge on any atom is 0.0712 e. The number of halogens is 1. The molecule has 2 atom stereocenters. The lowest BCUT2D eigenvalue weighted by Crippen LogP contribution is -2.45. The van der Waals surface area contributed by atoms with Gasteiger partial charge in [-0.3, -0.25) is 11.3 Å². The maximum absolute atomic E-state index is 6.06. The Kier molecular flexibility index (Phi) is 5.05. The molecule has 1 aromatic rings. The van der Waals surface area contributed by atoms with Gasteiger partial charge < -0.3 is 4.74 Å². The minimum atomic E-state index is 0.0475. The molecule has 0 aliphatic carbocycles. The first kappa shape index (κ1) is 12.5. The first-order valence-corrected chi connectivity index (χ1v) is 5.29. The average Bonchev–Trinajstić information content (AvgIpc) is 2.27. The molecule has 1 aromatic carbocycles. The molecular formula is C11H17ClN2O. The zero-order valence-corrected chi connectivity index (χ0v) is 9.79. The van der Waals surface area contributed by atoms with E-state index in [0.717, 1.165) is 17.0 Å². The van der Waals surface area contributed by atoms with Crippen molar-refractivity contribution in [3.05, 3.63) is 34.9 Å². The Bertz CT molecular complexity index is 306. The van der Waals surface area contributed by atoms with E-state index in [4.69, 9.17) is 22.2 Å². The molecule has 0 heterocycles. The molecule has 0 aliphatic heterocycles. The van der Waals surface area contributed by atoms with Crippen molar-refractivity contribution in [3.63, 3.8) is 0 Å². The molecule has 4 heteroatoms. The highest BCUT2D eigenvalue weighted by molar-refractivity contribution is 6.31. The summed E-state index contributed by atoms with van der Waals surface area (Å²) in [5, 5.41) is 0.765. The van der Waals surface area contributed by atoms with Crippen LogP contribution >= 0.6 is 11.6 Å². The summed E-state index contributed by atoms with van der Waals surface area (Å²) in [5.74, 6) is 5.47. The Balaban J connectivity index is 2.71. The van der Waals surface area contributed by atoms with Crippen molar-refractivity contribution in [2.75, 3.05) is 7.11 Å². The first-order chi connectivity index (χ1) is 7.19. The summed E-state index contributed by atoms with van der Waals surface area (Å²) in [6.07, 6.45) is 0.803. The van der Waals surface area contributed by atoms with Gasteiger partial charge in [0.15, 0.2) is 0 Å². The smallest absolute Gasteiger partial charge is 0.0712 e. The fourth-order valence-corrected chi connectivity index (χ4v) is 1.64. The Morgan fingerprint density at radius 3 is 2.67 bits per heavy atom. The second-order valence-electron chi connectivity index (χ2n) is 3.51. The second-order valence-corrected chi connectivity index (χ2v) is 3.92. The van der Waals surface area contributed by atoms with Crippen LogP contribution in [0.5, 0.6) is 0 Å². The molecule has 15 heavy (non-hydrogen) atoms. The number of ether oxygens (including phenoxy) is 1. The van der Waals surface area contributed by atoms with Gasteiger partial charge in [0.25, 0.3) is 0 Å². The van der Waals surface area contributed by atoms with Crippen molar-refractivity contribution in [3.8, 4) is 0 Å². The largest absolute Gasteiger partial charge is 0.380 e. The van der Waals surface area contributed by atoms with Crippen LogP contribution < -0.4 is 11.3 Å². The minimum Gasteiger partial charge on any atom is -0.380 e. The average molecular weight is 229 g/mol. The number of hydrogen-bond acceptors (Lipinski definition) is 3. The highest BCUT2D eigenvalue weighted by Gasteiger charge is 2.16. The third-order valence-electron chi connectivity index (χ3n) is 2.55. The number of nitrogens with one attached hydrogen (secondary N) is 1. The molecule has 84 valence electrons. The van der Waals surface area contributed by atoms with Gasteiger partial charge in [-0.25, -0.2) is 0 Å². The van der Waals surface area contributed by atoms with E-state index in [1.165, 1.54) is 0 Å². The van der Waals surface area contributed by atoms with Crippen LogP contribution in [0.1, 0.15) is 12.5 Å². The van der Waals surface area contributed by atoms with Crippen LogP contribution in [0.15, 0.2) is 24.3 Å². The standard InChI is InChI=1S/C11H17ClN2O/c1-8(15-2)11(14-13)7-9-5-3-4-6-10(9)12/h3-6,8,11,14H,7,13H2,1-2H3. The number of benzene rings is 1. The van der Waals surface area contributed by atoms with Gasteiger partial charge in [-0.15, -0.1) is 0 Å². The topological polar surface area (TPSA) is 47.3 Å². The van der Waals surface area contributed by atoms with Gasteiger partial charge >= 0.3 is 0 Å². The van der Waals surface area contributed by atoms with Gasteiger partial charge in [-0.05, 0) is 25.0 Å². The van der Waals surface area contributed by atoms with Crippen LogP contribution in [0.25, 0.3) is 0 Å². The number of methoxy groups -OCH3 is 1. The molecule has 0 radical (unpaired) electrons. The summed E-state index contributed by atoms with van der Waals surface area (Å²) in [6, 6.07) is 7.81. The fraction of sp³-hybridized carbons (Fsp3) is 0.455. The third-order valence-corrected chi connectivity index (χ3v) is 2.92. The molecule has 1 rings (SSSR count). The molecule has 0 fully saturated rings. The molecule has 0 amide bonds. The summed E-state index contributed by atoms with van der Waals surface area (Å²) in [7, 11) is 1.67. The van der Waals surface area contributed by atoms with Crippen LogP contribution in [0.4, 0.5) is 0 Å². The SMILES string of the molecule is COC(C)C(Cc1ccccc1Cl)NN. The number of hydrazine groups is 1. The zero-order chi connectivity index (χ0) is 11.3. The van der Waals surface area contributed by atoms with Crippen LogP contribution in [0.2, 0.25) is 5.02 Å². The van der Waals surface area contributed by atoms with Gasteiger partial charge in [0, 0.05) is 12.1 Å². The van der Waals surface area contributed by atoms with E-state index in [2.05, 4.69) is 5.43 Å². The lowest BCUT2D eigenvalue weighted by atomic mass is 10.0. The lowest BCUT2D eigenvalue weighted by Gasteiger charge is -2.22. The highest BCUT2D eigenvalue weighted by atomic mass is 35.5. The molecule has 3 nitrogen and oxygen atoms in total.